The van der Waals surface area contributed by atoms with Gasteiger partial charge in [0.15, 0.2) is 0 Å². The maximum Gasteiger partial charge on any atom is 0.416 e. The van der Waals surface area contributed by atoms with Gasteiger partial charge in [0.25, 0.3) is 0 Å². The molecule has 22 heavy (non-hydrogen) atoms. The number of carbonyl (C=O) groups is 1. The van der Waals surface area contributed by atoms with Gasteiger partial charge in [-0.3, -0.25) is 4.79 Å². The van der Waals surface area contributed by atoms with E-state index in [2.05, 4.69) is 5.32 Å². The zero-order valence-electron chi connectivity index (χ0n) is 12.8. The fourth-order valence-corrected chi connectivity index (χ4v) is 1.82. The van der Waals surface area contributed by atoms with Crippen molar-refractivity contribution < 1.29 is 18.0 Å². The van der Waals surface area contributed by atoms with Crippen LogP contribution in [0.1, 0.15) is 44.2 Å². The summed E-state index contributed by atoms with van der Waals surface area (Å²) in [5, 5.41) is 2.68. The summed E-state index contributed by atoms with van der Waals surface area (Å²) in [6.45, 7) is 5.61. The number of nitrogens with two attached hydrogens (primary N) is 1. The molecule has 0 aliphatic rings. The predicted molar refractivity (Wildman–Crippen MR) is 83.0 cm³/mol. The first kappa shape index (κ1) is 20.7. The van der Waals surface area contributed by atoms with Crippen LogP contribution in [0.2, 0.25) is 0 Å². The van der Waals surface area contributed by atoms with E-state index >= 15 is 0 Å². The number of halogens is 4. The molecular weight excluding hydrogens is 317 g/mol. The molecule has 0 heterocycles. The average Bonchev–Trinajstić information content (AvgIpc) is 2.34. The van der Waals surface area contributed by atoms with Gasteiger partial charge in [0.2, 0.25) is 5.91 Å². The smallest absolute Gasteiger partial charge is 0.354 e. The number of nitrogens with one attached hydrogen (secondary N) is 1. The summed E-state index contributed by atoms with van der Waals surface area (Å²) in [5.74, 6) is -0.522. The third-order valence-electron chi connectivity index (χ3n) is 3.02. The fourth-order valence-electron chi connectivity index (χ4n) is 1.82. The molecule has 0 bridgehead atoms. The Morgan fingerprint density at radius 2 is 1.91 bits per heavy atom. The van der Waals surface area contributed by atoms with E-state index in [1.165, 1.54) is 6.07 Å². The van der Waals surface area contributed by atoms with Crippen LogP contribution >= 0.6 is 12.4 Å². The highest BCUT2D eigenvalue weighted by Crippen LogP contribution is 2.31. The Balaban J connectivity index is 0.00000441. The van der Waals surface area contributed by atoms with Crippen LogP contribution in [0.15, 0.2) is 24.3 Å². The molecule has 3 N–H and O–H groups in total. The molecular formula is C15H22ClF3N2O. The van der Waals surface area contributed by atoms with E-state index in [1.54, 1.807) is 26.8 Å². The van der Waals surface area contributed by atoms with E-state index in [-0.39, 0.29) is 30.7 Å². The van der Waals surface area contributed by atoms with Gasteiger partial charge >= 0.3 is 6.18 Å². The summed E-state index contributed by atoms with van der Waals surface area (Å²) in [4.78, 5) is 11.8. The lowest BCUT2D eigenvalue weighted by Crippen LogP contribution is -2.45. The minimum Gasteiger partial charge on any atom is -0.354 e. The summed E-state index contributed by atoms with van der Waals surface area (Å²) in [5.41, 5.74) is 5.03. The highest BCUT2D eigenvalue weighted by atomic mass is 35.5. The van der Waals surface area contributed by atoms with Crippen LogP contribution in [0.5, 0.6) is 0 Å². The molecule has 0 aliphatic heterocycles. The van der Waals surface area contributed by atoms with Crippen molar-refractivity contribution in [2.45, 2.75) is 44.8 Å². The Morgan fingerprint density at radius 3 is 2.41 bits per heavy atom. The zero-order chi connectivity index (χ0) is 16.3. The minimum absolute atomic E-state index is 0. The van der Waals surface area contributed by atoms with Crippen molar-refractivity contribution in [2.24, 2.45) is 5.73 Å². The first-order chi connectivity index (χ1) is 9.49. The molecule has 0 aliphatic carbocycles. The van der Waals surface area contributed by atoms with E-state index in [4.69, 9.17) is 5.73 Å². The van der Waals surface area contributed by atoms with E-state index in [0.29, 0.717) is 12.1 Å². The number of hydrogen-bond acceptors (Lipinski definition) is 2. The molecule has 1 amide bonds. The molecule has 0 aromatic heterocycles. The van der Waals surface area contributed by atoms with Crippen molar-refractivity contribution in [3.05, 3.63) is 35.4 Å². The van der Waals surface area contributed by atoms with Crippen LogP contribution in [-0.2, 0) is 11.0 Å². The number of alkyl halides is 3. The van der Waals surface area contributed by atoms with E-state index in [9.17, 15) is 18.0 Å². The predicted octanol–water partition coefficient (Wildman–Crippen LogP) is 3.47. The maximum absolute atomic E-state index is 12.7. The Morgan fingerprint density at radius 1 is 1.32 bits per heavy atom. The lowest BCUT2D eigenvalue weighted by atomic mass is 9.95. The largest absolute Gasteiger partial charge is 0.416 e. The molecule has 1 aromatic rings. The summed E-state index contributed by atoms with van der Waals surface area (Å²) in [6.07, 6.45) is -4.25. The van der Waals surface area contributed by atoms with Crippen molar-refractivity contribution in [3.8, 4) is 0 Å². The Bertz CT molecular complexity index is 498. The highest BCUT2D eigenvalue weighted by molar-refractivity contribution is 5.85. The van der Waals surface area contributed by atoms with Crippen molar-refractivity contribution in [2.75, 3.05) is 6.54 Å². The number of carbonyl (C=O) groups excluding carboxylic acids is 1. The van der Waals surface area contributed by atoms with E-state index < -0.39 is 17.3 Å². The number of amides is 1. The Labute approximate surface area is 134 Å². The third-order valence-corrected chi connectivity index (χ3v) is 3.02. The van der Waals surface area contributed by atoms with Gasteiger partial charge in [0.1, 0.15) is 0 Å². The van der Waals surface area contributed by atoms with Crippen LogP contribution in [0.3, 0.4) is 0 Å². The molecule has 0 saturated carbocycles. The molecule has 1 unspecified atom stereocenters. The summed E-state index contributed by atoms with van der Waals surface area (Å²) >= 11 is 0. The molecule has 0 fully saturated rings. The third kappa shape index (κ3) is 7.13. The molecule has 1 aromatic carbocycles. The molecule has 3 nitrogen and oxygen atoms in total. The molecule has 1 rings (SSSR count). The second-order valence-corrected chi connectivity index (χ2v) is 5.99. The van der Waals surface area contributed by atoms with Gasteiger partial charge in [-0.2, -0.15) is 13.2 Å². The Hall–Kier alpha value is -1.27. The van der Waals surface area contributed by atoms with Gasteiger partial charge in [-0.25, -0.2) is 0 Å². The molecule has 0 spiro atoms. The first-order valence-electron chi connectivity index (χ1n) is 6.72. The van der Waals surface area contributed by atoms with E-state index in [0.717, 1.165) is 12.1 Å². The van der Waals surface area contributed by atoms with Gasteiger partial charge in [-0.05, 0) is 31.4 Å². The fraction of sp³-hybridized carbons (Fsp3) is 0.533. The van der Waals surface area contributed by atoms with Gasteiger partial charge in [0.05, 0.1) is 5.56 Å². The molecule has 1 atom stereocenters. The Kier molecular flexibility index (Phi) is 7.38. The summed E-state index contributed by atoms with van der Waals surface area (Å²) in [6, 6.07) is 5.06. The van der Waals surface area contributed by atoms with Gasteiger partial charge < -0.3 is 11.1 Å². The van der Waals surface area contributed by atoms with Crippen LogP contribution in [0.25, 0.3) is 0 Å². The molecule has 7 heteroatoms. The van der Waals surface area contributed by atoms with Crippen LogP contribution in [0, 0.1) is 0 Å². The number of rotatable bonds is 5. The quantitative estimate of drug-likeness (QED) is 0.863. The molecule has 0 radical (unpaired) electrons. The first-order valence-corrected chi connectivity index (χ1v) is 6.72. The van der Waals surface area contributed by atoms with E-state index in [1.807, 2.05) is 0 Å². The summed E-state index contributed by atoms with van der Waals surface area (Å²) < 4.78 is 38.0. The highest BCUT2D eigenvalue weighted by Gasteiger charge is 2.30. The normalized spacial score (nSPS) is 13.2. The van der Waals surface area contributed by atoms with Crippen molar-refractivity contribution in [3.63, 3.8) is 0 Å². The minimum atomic E-state index is -4.37. The van der Waals surface area contributed by atoms with Crippen molar-refractivity contribution >= 4 is 18.3 Å². The standard InChI is InChI=1S/C15H21F3N2O.ClH/c1-10(7-13(21)20-9-14(2,3)19)11-5-4-6-12(8-11)15(16,17)18;/h4-6,8,10H,7,9,19H2,1-3H3,(H,20,21);1H. The number of hydrogen-bond donors (Lipinski definition) is 2. The van der Waals surface area contributed by atoms with Crippen LogP contribution in [-0.4, -0.2) is 18.0 Å². The number of benzene rings is 1. The average molecular weight is 339 g/mol. The second kappa shape index (κ2) is 7.83. The van der Waals surface area contributed by atoms with Crippen molar-refractivity contribution in [1.82, 2.24) is 5.32 Å². The lowest BCUT2D eigenvalue weighted by molar-refractivity contribution is -0.137. The monoisotopic (exact) mass is 338 g/mol. The molecule has 126 valence electrons. The topological polar surface area (TPSA) is 55.1 Å². The summed E-state index contributed by atoms with van der Waals surface area (Å²) in [7, 11) is 0. The van der Waals surface area contributed by atoms with Gasteiger partial charge in [-0.1, -0.05) is 25.1 Å². The lowest BCUT2D eigenvalue weighted by Gasteiger charge is -2.20. The van der Waals surface area contributed by atoms with Gasteiger partial charge in [-0.15, -0.1) is 12.4 Å². The second-order valence-electron chi connectivity index (χ2n) is 5.99. The maximum atomic E-state index is 12.7. The molecule has 0 saturated heterocycles. The van der Waals surface area contributed by atoms with Crippen molar-refractivity contribution in [1.29, 1.82) is 0 Å². The van der Waals surface area contributed by atoms with Crippen LogP contribution < -0.4 is 11.1 Å². The SMILES string of the molecule is CC(CC(=O)NCC(C)(C)N)c1cccc(C(F)(F)F)c1.Cl. The van der Waals surface area contributed by atoms with Gasteiger partial charge in [0, 0.05) is 18.5 Å². The zero-order valence-corrected chi connectivity index (χ0v) is 13.6. The van der Waals surface area contributed by atoms with Crippen LogP contribution in [0.4, 0.5) is 13.2 Å².